The Kier molecular flexibility index (Phi) is 5.62. The van der Waals surface area contributed by atoms with Crippen molar-refractivity contribution in [1.82, 2.24) is 5.32 Å². The van der Waals surface area contributed by atoms with Crippen molar-refractivity contribution in [2.45, 2.75) is 36.6 Å². The van der Waals surface area contributed by atoms with Gasteiger partial charge >= 0.3 is 0 Å². The summed E-state index contributed by atoms with van der Waals surface area (Å²) in [5.41, 5.74) is 1.98. The summed E-state index contributed by atoms with van der Waals surface area (Å²) in [5.74, 6) is -0.132. The third-order valence-corrected chi connectivity index (χ3v) is 4.40. The van der Waals surface area contributed by atoms with Crippen LogP contribution in [0.15, 0.2) is 52.3 Å². The fourth-order valence-corrected chi connectivity index (χ4v) is 3.04. The Morgan fingerprint density at radius 2 is 1.80 bits per heavy atom. The van der Waals surface area contributed by atoms with Crippen molar-refractivity contribution in [3.05, 3.63) is 59.4 Å². The minimum atomic E-state index is -0.132. The molecule has 0 radical (unpaired) electrons. The lowest BCUT2D eigenvalue weighted by Gasteiger charge is -2.12. The highest BCUT2D eigenvalue weighted by Crippen LogP contribution is 2.33. The van der Waals surface area contributed by atoms with Crippen LogP contribution in [-0.2, 0) is 6.54 Å². The molecule has 0 heterocycles. The fraction of sp³-hybridized carbons (Fsp3) is 0.294. The van der Waals surface area contributed by atoms with Gasteiger partial charge in [0.2, 0.25) is 0 Å². The molecule has 0 aromatic heterocycles. The van der Waals surface area contributed by atoms with Crippen LogP contribution in [0.25, 0.3) is 0 Å². The van der Waals surface area contributed by atoms with Gasteiger partial charge in [0, 0.05) is 21.9 Å². The maximum Gasteiger partial charge on any atom is 0.128 e. The molecular formula is C17H20FNS. The number of halogens is 1. The minimum absolute atomic E-state index is 0.132. The van der Waals surface area contributed by atoms with Gasteiger partial charge < -0.3 is 5.32 Å². The summed E-state index contributed by atoms with van der Waals surface area (Å²) in [6, 6.07) is 13.5. The van der Waals surface area contributed by atoms with Crippen molar-refractivity contribution < 1.29 is 4.39 Å². The standard InChI is InChI=1S/C17H20FNS/c1-3-11-19-12-14-15(18)8-6-10-17(14)20-16-9-5-4-7-13(16)2/h4-10,19H,3,11-12H2,1-2H3. The second-order valence-electron chi connectivity index (χ2n) is 4.76. The van der Waals surface area contributed by atoms with Gasteiger partial charge in [0.05, 0.1) is 0 Å². The highest BCUT2D eigenvalue weighted by Gasteiger charge is 2.10. The molecule has 0 aliphatic carbocycles. The van der Waals surface area contributed by atoms with Crippen molar-refractivity contribution in [1.29, 1.82) is 0 Å². The molecule has 1 nitrogen and oxygen atoms in total. The van der Waals surface area contributed by atoms with Crippen molar-refractivity contribution in [2.75, 3.05) is 6.54 Å². The first-order chi connectivity index (χ1) is 9.72. The maximum absolute atomic E-state index is 14.0. The summed E-state index contributed by atoms with van der Waals surface area (Å²) in [7, 11) is 0. The van der Waals surface area contributed by atoms with Gasteiger partial charge in [-0.2, -0.15) is 0 Å². The van der Waals surface area contributed by atoms with E-state index >= 15 is 0 Å². The van der Waals surface area contributed by atoms with Gasteiger partial charge in [-0.3, -0.25) is 0 Å². The monoisotopic (exact) mass is 289 g/mol. The van der Waals surface area contributed by atoms with Crippen molar-refractivity contribution in [2.24, 2.45) is 0 Å². The van der Waals surface area contributed by atoms with E-state index in [2.05, 4.69) is 31.3 Å². The van der Waals surface area contributed by atoms with Crippen LogP contribution in [0.4, 0.5) is 4.39 Å². The Labute approximate surface area is 124 Å². The average Bonchev–Trinajstić information content (AvgIpc) is 2.44. The predicted molar refractivity (Wildman–Crippen MR) is 83.7 cm³/mol. The van der Waals surface area contributed by atoms with Crippen LogP contribution in [0.5, 0.6) is 0 Å². The molecular weight excluding hydrogens is 269 g/mol. The molecule has 20 heavy (non-hydrogen) atoms. The molecule has 3 heteroatoms. The number of aryl methyl sites for hydroxylation is 1. The molecule has 0 aliphatic heterocycles. The molecule has 0 unspecified atom stereocenters. The van der Waals surface area contributed by atoms with Gasteiger partial charge in [0.15, 0.2) is 0 Å². The first-order valence-electron chi connectivity index (χ1n) is 6.94. The van der Waals surface area contributed by atoms with Crippen LogP contribution in [0.3, 0.4) is 0 Å². The second kappa shape index (κ2) is 7.46. The highest BCUT2D eigenvalue weighted by atomic mass is 32.2. The zero-order valence-corrected chi connectivity index (χ0v) is 12.8. The third-order valence-electron chi connectivity index (χ3n) is 3.12. The molecule has 2 rings (SSSR count). The van der Waals surface area contributed by atoms with Gasteiger partial charge in [-0.15, -0.1) is 0 Å². The number of rotatable bonds is 6. The second-order valence-corrected chi connectivity index (χ2v) is 5.84. The van der Waals surface area contributed by atoms with Gasteiger partial charge in [0.25, 0.3) is 0 Å². The van der Waals surface area contributed by atoms with Gasteiger partial charge in [-0.1, -0.05) is 43.0 Å². The summed E-state index contributed by atoms with van der Waals surface area (Å²) < 4.78 is 14.0. The largest absolute Gasteiger partial charge is 0.313 e. The Balaban J connectivity index is 2.23. The first-order valence-corrected chi connectivity index (χ1v) is 7.75. The molecule has 1 N–H and O–H groups in total. The van der Waals surface area contributed by atoms with Crippen LogP contribution in [0.2, 0.25) is 0 Å². The Hall–Kier alpha value is -1.32. The lowest BCUT2D eigenvalue weighted by Crippen LogP contribution is -2.15. The molecule has 0 amide bonds. The molecule has 0 saturated carbocycles. The fourth-order valence-electron chi connectivity index (χ4n) is 1.99. The van der Waals surface area contributed by atoms with Crippen molar-refractivity contribution >= 4 is 11.8 Å². The minimum Gasteiger partial charge on any atom is -0.313 e. The van der Waals surface area contributed by atoms with Crippen molar-refractivity contribution in [3.63, 3.8) is 0 Å². The highest BCUT2D eigenvalue weighted by molar-refractivity contribution is 7.99. The predicted octanol–water partition coefficient (Wildman–Crippen LogP) is 4.78. The van der Waals surface area contributed by atoms with Crippen LogP contribution < -0.4 is 5.32 Å². The molecule has 0 aliphatic rings. The summed E-state index contributed by atoms with van der Waals surface area (Å²) in [4.78, 5) is 2.16. The summed E-state index contributed by atoms with van der Waals surface area (Å²) in [6.45, 7) is 5.67. The number of hydrogen-bond acceptors (Lipinski definition) is 2. The molecule has 2 aromatic rings. The molecule has 0 fully saturated rings. The lowest BCUT2D eigenvalue weighted by atomic mass is 10.2. The molecule has 0 spiro atoms. The third kappa shape index (κ3) is 3.84. The van der Waals surface area contributed by atoms with Crippen LogP contribution in [0.1, 0.15) is 24.5 Å². The molecule has 0 saturated heterocycles. The van der Waals surface area contributed by atoms with E-state index in [1.165, 1.54) is 16.5 Å². The van der Waals surface area contributed by atoms with Crippen LogP contribution >= 0.6 is 11.8 Å². The zero-order chi connectivity index (χ0) is 14.4. The van der Waals surface area contributed by atoms with Gasteiger partial charge in [-0.25, -0.2) is 4.39 Å². The molecule has 0 bridgehead atoms. The summed E-state index contributed by atoms with van der Waals surface area (Å²) in [6.07, 6.45) is 1.05. The first kappa shape index (κ1) is 15.1. The van der Waals surface area contributed by atoms with E-state index in [0.29, 0.717) is 6.54 Å². The lowest BCUT2D eigenvalue weighted by molar-refractivity contribution is 0.578. The Bertz CT molecular complexity index is 569. The van der Waals surface area contributed by atoms with E-state index in [0.717, 1.165) is 23.4 Å². The molecule has 0 atom stereocenters. The zero-order valence-electron chi connectivity index (χ0n) is 11.9. The van der Waals surface area contributed by atoms with Crippen LogP contribution in [0, 0.1) is 12.7 Å². The molecule has 2 aromatic carbocycles. The summed E-state index contributed by atoms with van der Waals surface area (Å²) in [5, 5.41) is 3.28. The maximum atomic E-state index is 14.0. The number of hydrogen-bond donors (Lipinski definition) is 1. The smallest absolute Gasteiger partial charge is 0.128 e. The van der Waals surface area contributed by atoms with E-state index < -0.39 is 0 Å². The van der Waals surface area contributed by atoms with Gasteiger partial charge in [-0.05, 0) is 43.7 Å². The number of nitrogens with one attached hydrogen (secondary N) is 1. The van der Waals surface area contributed by atoms with Crippen molar-refractivity contribution in [3.8, 4) is 0 Å². The van der Waals surface area contributed by atoms with E-state index in [9.17, 15) is 4.39 Å². The van der Waals surface area contributed by atoms with Crippen LogP contribution in [-0.4, -0.2) is 6.54 Å². The van der Waals surface area contributed by atoms with E-state index in [1.54, 1.807) is 17.8 Å². The Morgan fingerprint density at radius 1 is 1.05 bits per heavy atom. The summed E-state index contributed by atoms with van der Waals surface area (Å²) >= 11 is 1.63. The average molecular weight is 289 g/mol. The quantitative estimate of drug-likeness (QED) is 0.768. The van der Waals surface area contributed by atoms with E-state index in [1.807, 2.05) is 18.2 Å². The number of benzene rings is 2. The topological polar surface area (TPSA) is 12.0 Å². The SMILES string of the molecule is CCCNCc1c(F)cccc1Sc1ccccc1C. The Morgan fingerprint density at radius 3 is 2.55 bits per heavy atom. The van der Waals surface area contributed by atoms with Gasteiger partial charge in [0.1, 0.15) is 5.82 Å². The van der Waals surface area contributed by atoms with E-state index in [-0.39, 0.29) is 5.82 Å². The molecule has 106 valence electrons. The van der Waals surface area contributed by atoms with E-state index in [4.69, 9.17) is 0 Å². The normalized spacial score (nSPS) is 10.8.